The Kier molecular flexibility index (Phi) is 3.83. The number of pyridine rings is 2. The van der Waals surface area contributed by atoms with Gasteiger partial charge in [0.15, 0.2) is 0 Å². The topological polar surface area (TPSA) is 33.2 Å². The van der Waals surface area contributed by atoms with E-state index in [2.05, 4.69) is 89.8 Å². The highest BCUT2D eigenvalue weighted by molar-refractivity contribution is 6.77. The first-order valence-corrected chi connectivity index (χ1v) is 9.54. The number of aromatic nitrogens is 2. The fraction of sp³-hybridized carbons (Fsp3) is 0.130. The highest BCUT2D eigenvalue weighted by Crippen LogP contribution is 2.26. The third-order valence-corrected chi connectivity index (χ3v) is 5.49. The lowest BCUT2D eigenvalue weighted by Gasteiger charge is -2.24. The van der Waals surface area contributed by atoms with Crippen molar-refractivity contribution in [1.82, 2.24) is 4.98 Å². The minimum atomic E-state index is 0.172. The van der Waals surface area contributed by atoms with Crippen molar-refractivity contribution < 1.29 is 8.98 Å². The van der Waals surface area contributed by atoms with Gasteiger partial charge in [0.25, 0.3) is 5.82 Å². The van der Waals surface area contributed by atoms with Gasteiger partial charge in [-0.15, -0.1) is 0 Å². The van der Waals surface area contributed by atoms with Gasteiger partial charge in [0.2, 0.25) is 5.71 Å². The quantitative estimate of drug-likeness (QED) is 0.404. The Hall–Kier alpha value is -3.34. The zero-order valence-electron chi connectivity index (χ0n) is 16.3. The van der Waals surface area contributed by atoms with Crippen molar-refractivity contribution in [2.75, 3.05) is 4.81 Å². The average Bonchev–Trinajstić information content (AvgIpc) is 3.08. The van der Waals surface area contributed by atoms with E-state index in [-0.39, 0.29) is 6.85 Å². The minimum Gasteiger partial charge on any atom is -0.439 e. The normalized spacial score (nSPS) is 13.6. The highest BCUT2D eigenvalue weighted by Gasteiger charge is 2.33. The lowest BCUT2D eigenvalue weighted by atomic mass is 9.61. The molecule has 0 saturated heterocycles. The Morgan fingerprint density at radius 3 is 2.68 bits per heavy atom. The molecule has 1 aromatic carbocycles. The molecule has 0 bridgehead atoms. The van der Waals surface area contributed by atoms with Crippen LogP contribution in [0.4, 0.5) is 5.82 Å². The average molecular weight is 366 g/mol. The number of aryl methyl sites for hydroxylation is 1. The van der Waals surface area contributed by atoms with Gasteiger partial charge in [-0.2, -0.15) is 0 Å². The maximum absolute atomic E-state index is 6.02. The molecule has 5 rings (SSSR count). The molecule has 4 aromatic rings. The summed E-state index contributed by atoms with van der Waals surface area (Å²) in [5.74, 6) is 3.32. The van der Waals surface area contributed by atoms with E-state index < -0.39 is 0 Å². The molecule has 0 fully saturated rings. The molecule has 1 aliphatic rings. The number of anilines is 1. The maximum Gasteiger partial charge on any atom is 0.405 e. The molecule has 1 aliphatic heterocycles. The number of nitrogens with zero attached hydrogens (tertiary/aromatic N) is 3. The zero-order chi connectivity index (χ0) is 19.3. The molecule has 0 aliphatic carbocycles. The Morgan fingerprint density at radius 1 is 1.04 bits per heavy atom. The second-order valence-corrected chi connectivity index (χ2v) is 7.31. The van der Waals surface area contributed by atoms with Crippen molar-refractivity contribution in [3.8, 4) is 11.1 Å². The smallest absolute Gasteiger partial charge is 0.405 e. The largest absolute Gasteiger partial charge is 0.439 e. The number of furan rings is 1. The van der Waals surface area contributed by atoms with Gasteiger partial charge in [-0.1, -0.05) is 30.3 Å². The van der Waals surface area contributed by atoms with Gasteiger partial charge < -0.3 is 4.42 Å². The molecular weight excluding hydrogens is 345 g/mol. The number of hydrogen-bond acceptors (Lipinski definition) is 3. The van der Waals surface area contributed by atoms with Crippen LogP contribution in [-0.2, 0) is 7.05 Å². The summed E-state index contributed by atoms with van der Waals surface area (Å²) in [5, 5.41) is 2.19. The third kappa shape index (κ3) is 2.54. The van der Waals surface area contributed by atoms with Crippen LogP contribution >= 0.6 is 0 Å². The first kappa shape index (κ1) is 16.8. The van der Waals surface area contributed by atoms with Gasteiger partial charge in [0.1, 0.15) is 5.42 Å². The van der Waals surface area contributed by atoms with Crippen molar-refractivity contribution in [3.05, 3.63) is 77.6 Å². The summed E-state index contributed by atoms with van der Waals surface area (Å²) in [7, 11) is 2.09. The Balaban J connectivity index is 1.74. The molecule has 28 heavy (non-hydrogen) atoms. The SMILES string of the molecule is CB1C=c2oc3ncccc3c2=C(C)N1c1cc(-c2ccccc2)cc[n+]1C. The fourth-order valence-electron chi connectivity index (χ4n) is 4.15. The molecule has 136 valence electrons. The molecule has 0 spiro atoms. The molecule has 0 amide bonds. The van der Waals surface area contributed by atoms with E-state index in [4.69, 9.17) is 4.42 Å². The standard InChI is InChI=1S/C23H21BN3O/c1-16-22-19-10-7-12-25-23(19)28-20(22)15-24(2)27(16)21-14-18(11-13-26(21)3)17-8-5-4-6-9-17/h4-15H,1-3H3/q+1. The van der Waals surface area contributed by atoms with Crippen molar-refractivity contribution in [1.29, 1.82) is 0 Å². The van der Waals surface area contributed by atoms with Crippen LogP contribution in [-0.4, -0.2) is 11.8 Å². The van der Waals surface area contributed by atoms with E-state index in [1.165, 1.54) is 16.8 Å². The number of benzene rings is 1. The molecule has 0 N–H and O–H groups in total. The lowest BCUT2D eigenvalue weighted by molar-refractivity contribution is -0.657. The zero-order valence-corrected chi connectivity index (χ0v) is 16.3. The van der Waals surface area contributed by atoms with Crippen LogP contribution < -0.4 is 20.0 Å². The van der Waals surface area contributed by atoms with Gasteiger partial charge in [-0.05, 0) is 49.0 Å². The van der Waals surface area contributed by atoms with Gasteiger partial charge in [0.05, 0.1) is 29.5 Å². The second-order valence-electron chi connectivity index (χ2n) is 7.31. The molecule has 0 saturated carbocycles. The van der Waals surface area contributed by atoms with Gasteiger partial charge in [0, 0.05) is 12.3 Å². The van der Waals surface area contributed by atoms with Crippen LogP contribution in [0.25, 0.3) is 33.9 Å². The summed E-state index contributed by atoms with van der Waals surface area (Å²) in [6.45, 7) is 4.53. The number of rotatable bonds is 2. The molecule has 0 unspecified atom stereocenters. The fourth-order valence-corrected chi connectivity index (χ4v) is 4.15. The predicted octanol–water partition coefficient (Wildman–Crippen LogP) is 2.91. The van der Waals surface area contributed by atoms with Gasteiger partial charge >= 0.3 is 6.85 Å². The molecule has 5 heteroatoms. The van der Waals surface area contributed by atoms with Gasteiger partial charge in [-0.3, -0.25) is 4.81 Å². The van der Waals surface area contributed by atoms with E-state index in [1.807, 2.05) is 12.1 Å². The second kappa shape index (κ2) is 6.38. The molecule has 0 radical (unpaired) electrons. The van der Waals surface area contributed by atoms with Crippen LogP contribution in [0.5, 0.6) is 0 Å². The van der Waals surface area contributed by atoms with Gasteiger partial charge in [-0.25, -0.2) is 9.55 Å². The summed E-state index contributed by atoms with van der Waals surface area (Å²) >= 11 is 0. The van der Waals surface area contributed by atoms with Crippen molar-refractivity contribution in [3.63, 3.8) is 0 Å². The van der Waals surface area contributed by atoms with E-state index in [0.717, 1.165) is 21.8 Å². The van der Waals surface area contributed by atoms with E-state index in [1.54, 1.807) is 6.20 Å². The van der Waals surface area contributed by atoms with E-state index in [9.17, 15) is 0 Å². The predicted molar refractivity (Wildman–Crippen MR) is 114 cm³/mol. The Labute approximate surface area is 164 Å². The van der Waals surface area contributed by atoms with Crippen LogP contribution in [0.2, 0.25) is 6.82 Å². The first-order valence-electron chi connectivity index (χ1n) is 9.54. The van der Waals surface area contributed by atoms with Crippen molar-refractivity contribution in [2.24, 2.45) is 7.05 Å². The monoisotopic (exact) mass is 366 g/mol. The highest BCUT2D eigenvalue weighted by atomic mass is 16.3. The summed E-state index contributed by atoms with van der Waals surface area (Å²) in [4.78, 5) is 6.76. The summed E-state index contributed by atoms with van der Waals surface area (Å²) in [6.07, 6.45) is 3.90. The minimum absolute atomic E-state index is 0.172. The van der Waals surface area contributed by atoms with Crippen LogP contribution in [0, 0.1) is 0 Å². The first-order chi connectivity index (χ1) is 13.6. The molecule has 3 aromatic heterocycles. The third-order valence-electron chi connectivity index (χ3n) is 5.49. The van der Waals surface area contributed by atoms with Crippen molar-refractivity contribution >= 4 is 35.4 Å². The Morgan fingerprint density at radius 2 is 1.86 bits per heavy atom. The Bertz CT molecular complexity index is 1310. The maximum atomic E-state index is 6.02. The number of fused-ring (bicyclic) bond motifs is 3. The van der Waals surface area contributed by atoms with Crippen LogP contribution in [0.15, 0.2) is 71.4 Å². The van der Waals surface area contributed by atoms with E-state index >= 15 is 0 Å². The molecular formula is C23H21BN3O+. The number of hydrogen-bond donors (Lipinski definition) is 0. The summed E-state index contributed by atoms with van der Waals surface area (Å²) in [6, 6.07) is 19.0. The van der Waals surface area contributed by atoms with Crippen molar-refractivity contribution in [2.45, 2.75) is 13.7 Å². The molecule has 4 heterocycles. The molecule has 0 atom stereocenters. The lowest BCUT2D eigenvalue weighted by Crippen LogP contribution is -2.50. The van der Waals surface area contributed by atoms with E-state index in [0.29, 0.717) is 5.71 Å². The van der Waals surface area contributed by atoms with Crippen LogP contribution in [0.3, 0.4) is 0 Å². The van der Waals surface area contributed by atoms with Crippen LogP contribution in [0.1, 0.15) is 6.92 Å². The summed E-state index contributed by atoms with van der Waals surface area (Å²) < 4.78 is 8.19. The summed E-state index contributed by atoms with van der Waals surface area (Å²) in [5.41, 5.74) is 5.21. The molecule has 4 nitrogen and oxygen atoms in total.